The Morgan fingerprint density at radius 2 is 2.05 bits per heavy atom. The Morgan fingerprint density at radius 3 is 2.71 bits per heavy atom. The lowest BCUT2D eigenvalue weighted by molar-refractivity contribution is 0.562. The Morgan fingerprint density at radius 1 is 1.29 bits per heavy atom. The van der Waals surface area contributed by atoms with E-state index < -0.39 is 0 Å². The van der Waals surface area contributed by atoms with Gasteiger partial charge in [0.2, 0.25) is 0 Å². The first-order valence-corrected chi connectivity index (χ1v) is 7.11. The second kappa shape index (κ2) is 4.66. The second-order valence-corrected chi connectivity index (χ2v) is 6.43. The molecule has 0 atom stereocenters. The summed E-state index contributed by atoms with van der Waals surface area (Å²) in [5.41, 5.74) is 8.46. The molecule has 0 amide bonds. The normalized spacial score (nSPS) is 12.0. The largest absolute Gasteiger partial charge is 0.388 e. The minimum atomic E-state index is -0.0218. The summed E-state index contributed by atoms with van der Waals surface area (Å²) in [5, 5.41) is 4.63. The first kappa shape index (κ1) is 13.8. The van der Waals surface area contributed by atoms with E-state index in [0.29, 0.717) is 4.99 Å². The minimum absolute atomic E-state index is 0.0218. The Balaban J connectivity index is 2.26. The van der Waals surface area contributed by atoms with Gasteiger partial charge in [0.25, 0.3) is 0 Å². The van der Waals surface area contributed by atoms with Crippen LogP contribution in [0.25, 0.3) is 11.3 Å². The summed E-state index contributed by atoms with van der Waals surface area (Å²) in [6.07, 6.45) is 5.48. The maximum atomic E-state index is 5.78. The molecule has 2 N–H and O–H groups in total. The topological polar surface area (TPSA) is 61.1 Å². The van der Waals surface area contributed by atoms with Crippen LogP contribution in [0.5, 0.6) is 0 Å². The van der Waals surface area contributed by atoms with Gasteiger partial charge in [-0.1, -0.05) is 33.0 Å². The van der Waals surface area contributed by atoms with Crippen LogP contribution in [0, 0.1) is 0 Å². The highest BCUT2D eigenvalue weighted by atomic mass is 32.1. The molecular weight excluding hydrogens is 282 g/mol. The van der Waals surface area contributed by atoms with E-state index in [9.17, 15) is 0 Å². The third-order valence-corrected chi connectivity index (χ3v) is 3.58. The summed E-state index contributed by atoms with van der Waals surface area (Å²) in [7, 11) is 0. The Labute approximate surface area is 128 Å². The molecule has 0 aliphatic carbocycles. The zero-order valence-electron chi connectivity index (χ0n) is 12.2. The fraction of sp³-hybridized carbons (Fsp3) is 0.267. The molecule has 108 valence electrons. The van der Waals surface area contributed by atoms with Crippen LogP contribution in [0.1, 0.15) is 32.2 Å². The lowest BCUT2D eigenvalue weighted by Crippen LogP contribution is -2.15. The summed E-state index contributed by atoms with van der Waals surface area (Å²) >= 11 is 5.10. The number of hydrogen-bond donors (Lipinski definition) is 1. The molecule has 0 aromatic carbocycles. The Kier molecular flexibility index (Phi) is 3.06. The second-order valence-electron chi connectivity index (χ2n) is 5.99. The van der Waals surface area contributed by atoms with Gasteiger partial charge in [-0.2, -0.15) is 5.10 Å². The predicted molar refractivity (Wildman–Crippen MR) is 86.9 cm³/mol. The van der Waals surface area contributed by atoms with Crippen LogP contribution in [-0.2, 0) is 5.41 Å². The van der Waals surface area contributed by atoms with Crippen LogP contribution >= 0.6 is 12.2 Å². The number of thiocarbonyl (C=S) groups is 1. The van der Waals surface area contributed by atoms with E-state index in [0.717, 1.165) is 22.7 Å². The van der Waals surface area contributed by atoms with E-state index in [2.05, 4.69) is 36.9 Å². The molecule has 3 heterocycles. The number of hydrogen-bond acceptors (Lipinski definition) is 3. The summed E-state index contributed by atoms with van der Waals surface area (Å²) in [5.74, 6) is 0.772. The monoisotopic (exact) mass is 299 g/mol. The van der Waals surface area contributed by atoms with Crippen molar-refractivity contribution in [2.24, 2.45) is 5.73 Å². The highest BCUT2D eigenvalue weighted by Gasteiger charge is 2.20. The molecule has 0 spiro atoms. The van der Waals surface area contributed by atoms with Gasteiger partial charge in [0.1, 0.15) is 10.5 Å². The fourth-order valence-electron chi connectivity index (χ4n) is 2.23. The van der Waals surface area contributed by atoms with Gasteiger partial charge in [-0.15, -0.1) is 0 Å². The van der Waals surface area contributed by atoms with Gasteiger partial charge in [0.05, 0.1) is 11.4 Å². The van der Waals surface area contributed by atoms with Crippen molar-refractivity contribution in [2.45, 2.75) is 26.2 Å². The first-order valence-electron chi connectivity index (χ1n) is 6.70. The number of aromatic nitrogens is 4. The molecule has 5 nitrogen and oxygen atoms in total. The van der Waals surface area contributed by atoms with Crippen molar-refractivity contribution < 1.29 is 0 Å². The molecule has 0 saturated carbocycles. The van der Waals surface area contributed by atoms with Gasteiger partial charge in [0, 0.05) is 24.0 Å². The van der Waals surface area contributed by atoms with Crippen LogP contribution < -0.4 is 5.73 Å². The van der Waals surface area contributed by atoms with Crippen molar-refractivity contribution in [3.05, 3.63) is 48.2 Å². The molecular formula is C15H17N5S. The van der Waals surface area contributed by atoms with Crippen LogP contribution in [0.3, 0.4) is 0 Å². The van der Waals surface area contributed by atoms with Crippen molar-refractivity contribution in [2.75, 3.05) is 0 Å². The lowest BCUT2D eigenvalue weighted by atomic mass is 9.92. The zero-order chi connectivity index (χ0) is 15.2. The molecule has 0 aliphatic rings. The number of nitrogens with two attached hydrogens (primary N) is 1. The molecule has 3 aromatic heterocycles. The summed E-state index contributed by atoms with van der Waals surface area (Å²) in [6.45, 7) is 6.41. The van der Waals surface area contributed by atoms with Crippen LogP contribution in [-0.4, -0.2) is 24.2 Å². The van der Waals surface area contributed by atoms with E-state index in [4.69, 9.17) is 18.0 Å². The van der Waals surface area contributed by atoms with E-state index in [1.807, 2.05) is 33.6 Å². The summed E-state index contributed by atoms with van der Waals surface area (Å²) in [6, 6.07) is 5.85. The maximum absolute atomic E-state index is 5.78. The molecule has 0 saturated heterocycles. The molecule has 0 unspecified atom stereocenters. The first-order chi connectivity index (χ1) is 9.88. The third kappa shape index (κ3) is 2.31. The van der Waals surface area contributed by atoms with Gasteiger partial charge in [-0.3, -0.25) is 4.57 Å². The molecule has 21 heavy (non-hydrogen) atoms. The highest BCUT2D eigenvalue weighted by Crippen LogP contribution is 2.24. The van der Waals surface area contributed by atoms with Gasteiger partial charge >= 0.3 is 0 Å². The number of nitrogens with zero attached hydrogens (tertiary/aromatic N) is 4. The lowest BCUT2D eigenvalue weighted by Gasteiger charge is -2.13. The van der Waals surface area contributed by atoms with Gasteiger partial charge in [-0.25, -0.2) is 9.50 Å². The smallest absolute Gasteiger partial charge is 0.163 e. The maximum Gasteiger partial charge on any atom is 0.163 e. The molecule has 0 fully saturated rings. The van der Waals surface area contributed by atoms with Crippen molar-refractivity contribution in [1.29, 1.82) is 0 Å². The molecule has 6 heteroatoms. The predicted octanol–water partition coefficient (Wildman–Crippen LogP) is 2.45. The average Bonchev–Trinajstić information content (AvgIpc) is 3.04. The van der Waals surface area contributed by atoms with Crippen LogP contribution in [0.15, 0.2) is 36.8 Å². The quantitative estimate of drug-likeness (QED) is 0.738. The molecule has 0 bridgehead atoms. The van der Waals surface area contributed by atoms with Crippen LogP contribution in [0.4, 0.5) is 0 Å². The van der Waals surface area contributed by atoms with E-state index in [1.165, 1.54) is 0 Å². The molecule has 3 rings (SSSR count). The molecule has 0 radical (unpaired) electrons. The van der Waals surface area contributed by atoms with E-state index in [1.54, 1.807) is 6.20 Å². The molecule has 0 aliphatic heterocycles. The summed E-state index contributed by atoms with van der Waals surface area (Å²) < 4.78 is 3.73. The number of rotatable bonds is 2. The Bertz CT molecular complexity index is 822. The summed E-state index contributed by atoms with van der Waals surface area (Å²) in [4.78, 5) is 4.82. The van der Waals surface area contributed by atoms with Crippen molar-refractivity contribution >= 4 is 22.7 Å². The zero-order valence-corrected chi connectivity index (χ0v) is 13.1. The standard InChI is InChI=1S/C15H17N5S/c1-15(2,3)12-9-11-14(17-6-8-20(11)18-12)19-7-4-5-10(19)13(16)21/h4-9H,1-3H3,(H2,16,21). The van der Waals surface area contributed by atoms with Gasteiger partial charge in [-0.05, 0) is 18.2 Å². The van der Waals surface area contributed by atoms with Crippen molar-refractivity contribution in [3.8, 4) is 5.82 Å². The minimum Gasteiger partial charge on any atom is -0.388 e. The highest BCUT2D eigenvalue weighted by molar-refractivity contribution is 7.80. The fourth-order valence-corrected chi connectivity index (χ4v) is 2.39. The SMILES string of the molecule is CC(C)(C)c1cc2c(-n3cccc3C(N)=S)nccn2n1. The van der Waals surface area contributed by atoms with Crippen molar-refractivity contribution in [3.63, 3.8) is 0 Å². The van der Waals surface area contributed by atoms with Gasteiger partial charge in [0.15, 0.2) is 5.82 Å². The van der Waals surface area contributed by atoms with Crippen molar-refractivity contribution in [1.82, 2.24) is 19.2 Å². The van der Waals surface area contributed by atoms with Crippen LogP contribution in [0.2, 0.25) is 0 Å². The Hall–Kier alpha value is -2.21. The average molecular weight is 299 g/mol. The number of fused-ring (bicyclic) bond motifs is 1. The third-order valence-electron chi connectivity index (χ3n) is 3.37. The molecule has 3 aromatic rings. The van der Waals surface area contributed by atoms with E-state index in [-0.39, 0.29) is 5.41 Å². The van der Waals surface area contributed by atoms with E-state index >= 15 is 0 Å². The van der Waals surface area contributed by atoms with Gasteiger partial charge < -0.3 is 5.73 Å².